The molecule has 2 heterocycles. The molecule has 134 valence electrons. The Morgan fingerprint density at radius 2 is 1.70 bits per heavy atom. The topological polar surface area (TPSA) is 93.8 Å². The van der Waals surface area contributed by atoms with Gasteiger partial charge in [-0.15, -0.1) is 20.4 Å². The van der Waals surface area contributed by atoms with Crippen molar-refractivity contribution in [3.05, 3.63) is 72.1 Å². The summed E-state index contributed by atoms with van der Waals surface area (Å²) in [5.74, 6) is 1.25. The van der Waals surface area contributed by atoms with E-state index in [1.807, 2.05) is 48.5 Å². The van der Waals surface area contributed by atoms with Gasteiger partial charge < -0.3 is 4.42 Å². The minimum Gasteiger partial charge on any atom is -0.420 e. The van der Waals surface area contributed by atoms with Crippen molar-refractivity contribution in [3.63, 3.8) is 0 Å². The Morgan fingerprint density at radius 3 is 2.48 bits per heavy atom. The molecule has 0 saturated heterocycles. The van der Waals surface area contributed by atoms with E-state index < -0.39 is 0 Å². The van der Waals surface area contributed by atoms with Crippen molar-refractivity contribution < 1.29 is 9.21 Å². The van der Waals surface area contributed by atoms with E-state index in [1.165, 1.54) is 23.1 Å². The summed E-state index contributed by atoms with van der Waals surface area (Å²) < 4.78 is 6.37. The lowest BCUT2D eigenvalue weighted by Gasteiger charge is -1.99. The van der Waals surface area contributed by atoms with E-state index in [0.717, 1.165) is 5.56 Å². The van der Waals surface area contributed by atoms with Crippen molar-refractivity contribution >= 4 is 34.1 Å². The number of benzene rings is 2. The Bertz CT molecular complexity index is 1030. The van der Waals surface area contributed by atoms with Crippen LogP contribution >= 0.6 is 23.1 Å². The molecule has 0 atom stereocenters. The maximum absolute atomic E-state index is 12.1. The van der Waals surface area contributed by atoms with Crippen molar-refractivity contribution in [1.29, 1.82) is 0 Å². The van der Waals surface area contributed by atoms with Crippen LogP contribution in [0.4, 0.5) is 5.13 Å². The van der Waals surface area contributed by atoms with E-state index in [9.17, 15) is 4.79 Å². The van der Waals surface area contributed by atoms with Crippen molar-refractivity contribution in [1.82, 2.24) is 20.4 Å². The molecule has 2 aromatic heterocycles. The first-order valence-electron chi connectivity index (χ1n) is 7.98. The number of thioether (sulfide) groups is 1. The zero-order valence-corrected chi connectivity index (χ0v) is 15.5. The largest absolute Gasteiger partial charge is 0.420 e. The second-order valence-electron chi connectivity index (χ2n) is 5.35. The summed E-state index contributed by atoms with van der Waals surface area (Å²) in [6.45, 7) is 0. The van der Waals surface area contributed by atoms with Gasteiger partial charge in [0.1, 0.15) is 0 Å². The van der Waals surface area contributed by atoms with E-state index in [-0.39, 0.29) is 5.91 Å². The molecule has 0 bridgehead atoms. The molecule has 0 aliphatic rings. The molecule has 0 aliphatic carbocycles. The van der Waals surface area contributed by atoms with Gasteiger partial charge in [-0.25, -0.2) is 0 Å². The van der Waals surface area contributed by atoms with Gasteiger partial charge >= 0.3 is 0 Å². The quantitative estimate of drug-likeness (QED) is 0.387. The van der Waals surface area contributed by atoms with Crippen LogP contribution in [-0.2, 0) is 5.75 Å². The Morgan fingerprint density at radius 1 is 0.963 bits per heavy atom. The predicted molar refractivity (Wildman–Crippen MR) is 104 cm³/mol. The number of hydrogen-bond acceptors (Lipinski definition) is 8. The van der Waals surface area contributed by atoms with Crippen LogP contribution in [0.5, 0.6) is 0 Å². The van der Waals surface area contributed by atoms with Crippen molar-refractivity contribution in [2.75, 3.05) is 5.32 Å². The third kappa shape index (κ3) is 4.39. The van der Waals surface area contributed by atoms with Gasteiger partial charge in [0.15, 0.2) is 4.34 Å². The highest BCUT2D eigenvalue weighted by Gasteiger charge is 2.12. The monoisotopic (exact) mass is 395 g/mol. The molecule has 1 amide bonds. The zero-order chi connectivity index (χ0) is 18.5. The second-order valence-corrected chi connectivity index (χ2v) is 7.55. The van der Waals surface area contributed by atoms with E-state index in [1.54, 1.807) is 12.1 Å². The van der Waals surface area contributed by atoms with Gasteiger partial charge in [-0.1, -0.05) is 59.5 Å². The summed E-state index contributed by atoms with van der Waals surface area (Å²) in [5, 5.41) is 19.4. The van der Waals surface area contributed by atoms with Gasteiger partial charge in [0.05, 0.1) is 5.75 Å². The smallest absolute Gasteiger partial charge is 0.257 e. The number of nitrogens with one attached hydrogen (secondary N) is 1. The molecule has 4 aromatic rings. The SMILES string of the molecule is O=C(Nc1nnc(SCc2nnc(-c3ccccc3)o2)s1)c1ccccc1. The maximum atomic E-state index is 12.1. The molecule has 27 heavy (non-hydrogen) atoms. The number of amides is 1. The van der Waals surface area contributed by atoms with Crippen LogP contribution in [0.1, 0.15) is 16.2 Å². The Balaban J connectivity index is 1.35. The normalized spacial score (nSPS) is 10.7. The van der Waals surface area contributed by atoms with Gasteiger partial charge in [-0.3, -0.25) is 10.1 Å². The first kappa shape index (κ1) is 17.4. The summed E-state index contributed by atoms with van der Waals surface area (Å²) >= 11 is 2.72. The van der Waals surface area contributed by atoms with Crippen molar-refractivity contribution in [3.8, 4) is 11.5 Å². The number of anilines is 1. The van der Waals surface area contributed by atoms with Crippen LogP contribution in [-0.4, -0.2) is 26.3 Å². The van der Waals surface area contributed by atoms with Gasteiger partial charge in [-0.05, 0) is 24.3 Å². The molecule has 0 fully saturated rings. The van der Waals surface area contributed by atoms with Crippen LogP contribution in [0, 0.1) is 0 Å². The Kier molecular flexibility index (Phi) is 5.22. The van der Waals surface area contributed by atoms with Gasteiger partial charge in [0, 0.05) is 11.1 Å². The van der Waals surface area contributed by atoms with E-state index >= 15 is 0 Å². The molecule has 0 saturated carbocycles. The van der Waals surface area contributed by atoms with Crippen molar-refractivity contribution in [2.45, 2.75) is 10.1 Å². The molecular formula is C18H13N5O2S2. The molecule has 1 N–H and O–H groups in total. The minimum atomic E-state index is -0.215. The van der Waals surface area contributed by atoms with Crippen LogP contribution < -0.4 is 5.32 Å². The van der Waals surface area contributed by atoms with E-state index in [2.05, 4.69) is 25.7 Å². The van der Waals surface area contributed by atoms with Gasteiger partial charge in [0.25, 0.3) is 5.91 Å². The number of nitrogens with zero attached hydrogens (tertiary/aromatic N) is 4. The lowest BCUT2D eigenvalue weighted by Crippen LogP contribution is -2.11. The van der Waals surface area contributed by atoms with Crippen LogP contribution in [0.25, 0.3) is 11.5 Å². The molecule has 0 unspecified atom stereocenters. The summed E-state index contributed by atoms with van der Waals surface area (Å²) in [6, 6.07) is 18.6. The lowest BCUT2D eigenvalue weighted by molar-refractivity contribution is 0.102. The van der Waals surface area contributed by atoms with Crippen LogP contribution in [0.2, 0.25) is 0 Å². The Hall–Kier alpha value is -3.04. The summed E-state index contributed by atoms with van der Waals surface area (Å²) in [4.78, 5) is 12.1. The first-order chi connectivity index (χ1) is 13.3. The molecule has 0 radical (unpaired) electrons. The maximum Gasteiger partial charge on any atom is 0.257 e. The van der Waals surface area contributed by atoms with Crippen molar-refractivity contribution in [2.24, 2.45) is 0 Å². The van der Waals surface area contributed by atoms with Crippen LogP contribution in [0.15, 0.2) is 69.4 Å². The molecule has 7 nitrogen and oxygen atoms in total. The molecular weight excluding hydrogens is 382 g/mol. The van der Waals surface area contributed by atoms with Gasteiger partial charge in [-0.2, -0.15) is 0 Å². The van der Waals surface area contributed by atoms with E-state index in [4.69, 9.17) is 4.42 Å². The zero-order valence-electron chi connectivity index (χ0n) is 13.9. The number of hydrogen-bond donors (Lipinski definition) is 1. The summed E-state index contributed by atoms with van der Waals surface area (Å²) in [5.41, 5.74) is 1.45. The predicted octanol–water partition coefficient (Wildman–Crippen LogP) is 4.13. The molecule has 4 rings (SSSR count). The average molecular weight is 395 g/mol. The first-order valence-corrected chi connectivity index (χ1v) is 9.78. The lowest BCUT2D eigenvalue weighted by atomic mass is 10.2. The molecule has 0 aliphatic heterocycles. The Labute approximate surface area is 162 Å². The highest BCUT2D eigenvalue weighted by Crippen LogP contribution is 2.29. The highest BCUT2D eigenvalue weighted by atomic mass is 32.2. The number of aromatic nitrogens is 4. The fourth-order valence-electron chi connectivity index (χ4n) is 2.21. The van der Waals surface area contributed by atoms with E-state index in [0.29, 0.717) is 32.6 Å². The second kappa shape index (κ2) is 8.11. The number of carbonyl (C=O) groups excluding carboxylic acids is 1. The summed E-state index contributed by atoms with van der Waals surface area (Å²) in [7, 11) is 0. The number of carbonyl (C=O) groups is 1. The third-order valence-corrected chi connectivity index (χ3v) is 5.43. The summed E-state index contributed by atoms with van der Waals surface area (Å²) in [6.07, 6.45) is 0. The number of rotatable bonds is 6. The third-order valence-electron chi connectivity index (χ3n) is 3.47. The van der Waals surface area contributed by atoms with Gasteiger partial charge in [0.2, 0.25) is 16.9 Å². The minimum absolute atomic E-state index is 0.215. The molecule has 2 aromatic carbocycles. The average Bonchev–Trinajstić information content (AvgIpc) is 3.37. The highest BCUT2D eigenvalue weighted by molar-refractivity contribution is 8.00. The van der Waals surface area contributed by atoms with Crippen LogP contribution in [0.3, 0.4) is 0 Å². The fraction of sp³-hybridized carbons (Fsp3) is 0.0556. The molecule has 0 spiro atoms. The fourth-order valence-corrected chi connectivity index (χ4v) is 3.79. The molecule has 9 heteroatoms. The standard InChI is InChI=1S/C18H13N5O2S2/c24-15(12-7-3-1-4-8-12)19-17-22-23-18(27-17)26-11-14-20-21-16(25-14)13-9-5-2-6-10-13/h1-10H,11H2,(H,19,22,24).